The largest absolute Gasteiger partial charge is 0.358 e. The molecule has 1 aliphatic carbocycles. The van der Waals surface area contributed by atoms with E-state index < -0.39 is 0 Å². The first-order valence-electron chi connectivity index (χ1n) is 4.82. The summed E-state index contributed by atoms with van der Waals surface area (Å²) < 4.78 is 5.43. The fraction of sp³-hybridized carbons (Fsp3) is 0.900. The molecular weight excluding hydrogens is 152 g/mol. The van der Waals surface area contributed by atoms with Crippen LogP contribution in [0.2, 0.25) is 0 Å². The Bertz CT molecular complexity index is 200. The molecule has 0 spiro atoms. The van der Waals surface area contributed by atoms with Crippen LogP contribution in [0.1, 0.15) is 33.1 Å². The Hall–Kier alpha value is -0.370. The van der Waals surface area contributed by atoms with Crippen LogP contribution in [0.5, 0.6) is 0 Å². The van der Waals surface area contributed by atoms with E-state index in [1.165, 1.54) is 0 Å². The van der Waals surface area contributed by atoms with Gasteiger partial charge in [0.1, 0.15) is 5.60 Å². The summed E-state index contributed by atoms with van der Waals surface area (Å²) in [5.74, 6) is 1.50. The average molecular weight is 168 g/mol. The molecule has 2 fully saturated rings. The first-order valence-corrected chi connectivity index (χ1v) is 4.82. The number of fused-ring (bicyclic) bond motifs is 1. The SMILES string of the molecule is CC(C)[C@@H]1CC[C@@]2(C=O)OC2C1. The molecule has 0 N–H and O–H groups in total. The Balaban J connectivity index is 1.96. The summed E-state index contributed by atoms with van der Waals surface area (Å²) >= 11 is 0. The van der Waals surface area contributed by atoms with Crippen molar-refractivity contribution in [2.45, 2.75) is 44.8 Å². The van der Waals surface area contributed by atoms with Gasteiger partial charge in [-0.25, -0.2) is 0 Å². The quantitative estimate of drug-likeness (QED) is 0.464. The zero-order valence-electron chi connectivity index (χ0n) is 7.75. The molecule has 2 nitrogen and oxygen atoms in total. The minimum absolute atomic E-state index is 0.260. The zero-order chi connectivity index (χ0) is 8.77. The summed E-state index contributed by atoms with van der Waals surface area (Å²) in [7, 11) is 0. The van der Waals surface area contributed by atoms with Crippen LogP contribution in [0.25, 0.3) is 0 Å². The lowest BCUT2D eigenvalue weighted by atomic mass is 9.77. The van der Waals surface area contributed by atoms with Crippen LogP contribution in [0.3, 0.4) is 0 Å². The molecule has 12 heavy (non-hydrogen) atoms. The molecule has 68 valence electrons. The number of rotatable bonds is 2. The van der Waals surface area contributed by atoms with Gasteiger partial charge in [0.15, 0.2) is 6.29 Å². The predicted molar refractivity (Wildman–Crippen MR) is 45.8 cm³/mol. The van der Waals surface area contributed by atoms with Crippen molar-refractivity contribution in [3.63, 3.8) is 0 Å². The molecule has 1 aliphatic heterocycles. The van der Waals surface area contributed by atoms with E-state index in [1.807, 2.05) is 0 Å². The van der Waals surface area contributed by atoms with Crippen LogP contribution in [0.4, 0.5) is 0 Å². The molecule has 0 aromatic rings. The molecule has 2 rings (SSSR count). The monoisotopic (exact) mass is 168 g/mol. The van der Waals surface area contributed by atoms with Crippen molar-refractivity contribution in [2.24, 2.45) is 11.8 Å². The van der Waals surface area contributed by atoms with E-state index in [0.717, 1.165) is 37.4 Å². The summed E-state index contributed by atoms with van der Waals surface area (Å²) in [5.41, 5.74) is -0.328. The maximum Gasteiger partial charge on any atom is 0.154 e. The number of epoxide rings is 1. The lowest BCUT2D eigenvalue weighted by molar-refractivity contribution is -0.112. The molecule has 0 radical (unpaired) electrons. The fourth-order valence-corrected chi connectivity index (χ4v) is 2.27. The predicted octanol–water partition coefficient (Wildman–Crippen LogP) is 1.78. The van der Waals surface area contributed by atoms with Gasteiger partial charge < -0.3 is 9.53 Å². The van der Waals surface area contributed by atoms with Gasteiger partial charge in [0.25, 0.3) is 0 Å². The molecule has 0 aromatic carbocycles. The summed E-state index contributed by atoms with van der Waals surface area (Å²) in [6.07, 6.45) is 4.47. The minimum Gasteiger partial charge on any atom is -0.358 e. The highest BCUT2D eigenvalue weighted by Gasteiger charge is 2.59. The molecular formula is C10H16O2. The van der Waals surface area contributed by atoms with Crippen molar-refractivity contribution >= 4 is 6.29 Å². The van der Waals surface area contributed by atoms with Crippen LogP contribution in [0, 0.1) is 11.8 Å². The van der Waals surface area contributed by atoms with Crippen LogP contribution < -0.4 is 0 Å². The van der Waals surface area contributed by atoms with Crippen molar-refractivity contribution in [1.82, 2.24) is 0 Å². The Morgan fingerprint density at radius 1 is 1.58 bits per heavy atom. The van der Waals surface area contributed by atoms with E-state index in [-0.39, 0.29) is 11.7 Å². The Morgan fingerprint density at radius 2 is 2.33 bits per heavy atom. The standard InChI is InChI=1S/C10H16O2/c1-7(2)8-3-4-10(6-11)9(5-8)12-10/h6-9H,3-5H2,1-2H3/t8-,9?,10+/m1/s1. The van der Waals surface area contributed by atoms with Crippen LogP contribution in [-0.2, 0) is 9.53 Å². The summed E-state index contributed by atoms with van der Waals surface area (Å²) in [6, 6.07) is 0. The Labute approximate surface area is 73.3 Å². The van der Waals surface area contributed by atoms with Gasteiger partial charge in [0.2, 0.25) is 0 Å². The second kappa shape index (κ2) is 2.56. The number of hydrogen-bond acceptors (Lipinski definition) is 2. The molecule has 1 unspecified atom stereocenters. The highest BCUT2D eigenvalue weighted by molar-refractivity contribution is 5.68. The zero-order valence-corrected chi connectivity index (χ0v) is 7.75. The third-order valence-corrected chi connectivity index (χ3v) is 3.41. The van der Waals surface area contributed by atoms with Crippen molar-refractivity contribution in [3.8, 4) is 0 Å². The van der Waals surface area contributed by atoms with Crippen molar-refractivity contribution in [2.75, 3.05) is 0 Å². The third kappa shape index (κ3) is 1.09. The molecule has 1 saturated carbocycles. The smallest absolute Gasteiger partial charge is 0.154 e. The van der Waals surface area contributed by atoms with E-state index in [4.69, 9.17) is 4.74 Å². The first-order chi connectivity index (χ1) is 5.68. The van der Waals surface area contributed by atoms with Gasteiger partial charge in [-0.05, 0) is 31.1 Å². The lowest BCUT2D eigenvalue weighted by Gasteiger charge is -2.24. The van der Waals surface area contributed by atoms with E-state index in [0.29, 0.717) is 0 Å². The number of aldehydes is 1. The summed E-state index contributed by atoms with van der Waals surface area (Å²) in [5, 5.41) is 0. The highest BCUT2D eigenvalue weighted by atomic mass is 16.6. The topological polar surface area (TPSA) is 29.6 Å². The molecule has 2 heteroatoms. The summed E-state index contributed by atoms with van der Waals surface area (Å²) in [4.78, 5) is 10.7. The number of ether oxygens (including phenoxy) is 1. The molecule has 1 heterocycles. The molecule has 0 bridgehead atoms. The van der Waals surface area contributed by atoms with Crippen molar-refractivity contribution < 1.29 is 9.53 Å². The van der Waals surface area contributed by atoms with Gasteiger partial charge in [-0.2, -0.15) is 0 Å². The maximum atomic E-state index is 10.7. The van der Waals surface area contributed by atoms with E-state index >= 15 is 0 Å². The van der Waals surface area contributed by atoms with Crippen molar-refractivity contribution in [3.05, 3.63) is 0 Å². The van der Waals surface area contributed by atoms with Gasteiger partial charge in [-0.15, -0.1) is 0 Å². The second-order valence-corrected chi connectivity index (χ2v) is 4.46. The molecule has 1 saturated heterocycles. The number of hydrogen-bond donors (Lipinski definition) is 0. The molecule has 3 atom stereocenters. The van der Waals surface area contributed by atoms with Crippen LogP contribution in [-0.4, -0.2) is 18.0 Å². The first kappa shape index (κ1) is 8.24. The summed E-state index contributed by atoms with van der Waals surface area (Å²) in [6.45, 7) is 4.50. The Kier molecular flexibility index (Phi) is 1.76. The van der Waals surface area contributed by atoms with Crippen LogP contribution >= 0.6 is 0 Å². The molecule has 0 aromatic heterocycles. The van der Waals surface area contributed by atoms with E-state index in [9.17, 15) is 4.79 Å². The third-order valence-electron chi connectivity index (χ3n) is 3.41. The lowest BCUT2D eigenvalue weighted by Crippen LogP contribution is -2.27. The van der Waals surface area contributed by atoms with E-state index in [1.54, 1.807) is 0 Å². The maximum absolute atomic E-state index is 10.7. The minimum atomic E-state index is -0.328. The van der Waals surface area contributed by atoms with Gasteiger partial charge in [0, 0.05) is 0 Å². The van der Waals surface area contributed by atoms with Gasteiger partial charge in [0.05, 0.1) is 6.10 Å². The molecule has 0 amide bonds. The van der Waals surface area contributed by atoms with Crippen molar-refractivity contribution in [1.29, 1.82) is 0 Å². The highest BCUT2D eigenvalue weighted by Crippen LogP contribution is 2.49. The van der Waals surface area contributed by atoms with Gasteiger partial charge in [-0.1, -0.05) is 13.8 Å². The van der Waals surface area contributed by atoms with Gasteiger partial charge >= 0.3 is 0 Å². The molecule has 2 aliphatic rings. The second-order valence-electron chi connectivity index (χ2n) is 4.46. The normalized spacial score (nSPS) is 45.6. The number of carbonyl (C=O) groups is 1. The van der Waals surface area contributed by atoms with Crippen LogP contribution in [0.15, 0.2) is 0 Å². The van der Waals surface area contributed by atoms with E-state index in [2.05, 4.69) is 13.8 Å². The number of carbonyl (C=O) groups excluding carboxylic acids is 1. The van der Waals surface area contributed by atoms with Gasteiger partial charge in [-0.3, -0.25) is 0 Å². The average Bonchev–Trinajstić information content (AvgIpc) is 2.77. The fourth-order valence-electron chi connectivity index (χ4n) is 2.27. The Morgan fingerprint density at radius 3 is 2.83 bits per heavy atom.